The van der Waals surface area contributed by atoms with E-state index >= 15 is 0 Å². The summed E-state index contributed by atoms with van der Waals surface area (Å²) in [4.78, 5) is 22.9. The number of hydrogen-bond donors (Lipinski definition) is 2. The highest BCUT2D eigenvalue weighted by Gasteiger charge is 2.09. The predicted molar refractivity (Wildman–Crippen MR) is 88.1 cm³/mol. The first-order valence-electron chi connectivity index (χ1n) is 7.35. The second-order valence-electron chi connectivity index (χ2n) is 5.17. The van der Waals surface area contributed by atoms with Gasteiger partial charge in [0, 0.05) is 5.69 Å². The highest BCUT2D eigenvalue weighted by atomic mass is 16.5. The van der Waals surface area contributed by atoms with Gasteiger partial charge in [0.05, 0.1) is 5.56 Å². The van der Waals surface area contributed by atoms with Crippen LogP contribution >= 0.6 is 0 Å². The summed E-state index contributed by atoms with van der Waals surface area (Å²) in [5.74, 6) is -0.753. The second-order valence-corrected chi connectivity index (χ2v) is 5.17. The molecule has 5 nitrogen and oxygen atoms in total. The first-order chi connectivity index (χ1) is 11.0. The number of anilines is 1. The fraction of sp³-hybridized carbons (Fsp3) is 0.222. The van der Waals surface area contributed by atoms with Gasteiger partial charge in [0.2, 0.25) is 0 Å². The first-order valence-corrected chi connectivity index (χ1v) is 7.35. The van der Waals surface area contributed by atoms with Crippen LogP contribution in [0.3, 0.4) is 0 Å². The fourth-order valence-corrected chi connectivity index (χ4v) is 2.05. The molecule has 0 aliphatic carbocycles. The van der Waals surface area contributed by atoms with E-state index in [1.54, 1.807) is 13.0 Å². The highest BCUT2D eigenvalue weighted by molar-refractivity contribution is 5.95. The van der Waals surface area contributed by atoms with Crippen molar-refractivity contribution in [3.05, 3.63) is 59.2 Å². The summed E-state index contributed by atoms with van der Waals surface area (Å²) in [6.07, 6.45) is 0.944. The Kier molecular flexibility index (Phi) is 5.36. The van der Waals surface area contributed by atoms with Crippen molar-refractivity contribution in [1.29, 1.82) is 0 Å². The van der Waals surface area contributed by atoms with Crippen molar-refractivity contribution in [3.8, 4) is 5.75 Å². The van der Waals surface area contributed by atoms with Gasteiger partial charge in [-0.3, -0.25) is 4.79 Å². The lowest BCUT2D eigenvalue weighted by Gasteiger charge is -2.10. The lowest BCUT2D eigenvalue weighted by Crippen LogP contribution is -2.21. The molecular formula is C18H19NO4. The van der Waals surface area contributed by atoms with Gasteiger partial charge in [0.25, 0.3) is 5.91 Å². The van der Waals surface area contributed by atoms with E-state index in [9.17, 15) is 9.59 Å². The third kappa shape index (κ3) is 4.57. The quantitative estimate of drug-likeness (QED) is 0.858. The van der Waals surface area contributed by atoms with Gasteiger partial charge in [0.15, 0.2) is 6.61 Å². The molecule has 2 N–H and O–H groups in total. The molecule has 0 aliphatic heterocycles. The SMILES string of the molecule is CCc1ccc(OCC(=O)Nc2cc(C(=O)O)ccc2C)cc1. The zero-order chi connectivity index (χ0) is 16.8. The van der Waals surface area contributed by atoms with E-state index in [-0.39, 0.29) is 18.1 Å². The molecule has 0 atom stereocenters. The van der Waals surface area contributed by atoms with Crippen LogP contribution in [0.25, 0.3) is 0 Å². The molecule has 120 valence electrons. The second kappa shape index (κ2) is 7.45. The zero-order valence-electron chi connectivity index (χ0n) is 13.1. The third-order valence-corrected chi connectivity index (χ3v) is 3.46. The zero-order valence-corrected chi connectivity index (χ0v) is 13.1. The summed E-state index contributed by atoms with van der Waals surface area (Å²) >= 11 is 0. The molecule has 0 fully saturated rings. The van der Waals surface area contributed by atoms with E-state index in [1.807, 2.05) is 24.3 Å². The largest absolute Gasteiger partial charge is 0.484 e. The molecule has 23 heavy (non-hydrogen) atoms. The minimum atomic E-state index is -1.03. The number of carboxylic acids is 1. The minimum absolute atomic E-state index is 0.127. The summed E-state index contributed by atoms with van der Waals surface area (Å²) in [6, 6.07) is 12.1. The van der Waals surface area contributed by atoms with Gasteiger partial charge >= 0.3 is 5.97 Å². The van der Waals surface area contributed by atoms with E-state index in [0.717, 1.165) is 12.0 Å². The Morgan fingerprint density at radius 2 is 1.83 bits per heavy atom. The Morgan fingerprint density at radius 3 is 2.43 bits per heavy atom. The summed E-state index contributed by atoms with van der Waals surface area (Å²) in [7, 11) is 0. The number of amides is 1. The van der Waals surface area contributed by atoms with Crippen molar-refractivity contribution >= 4 is 17.6 Å². The molecule has 0 saturated carbocycles. The number of nitrogens with one attached hydrogen (secondary N) is 1. The van der Waals surface area contributed by atoms with Crippen LogP contribution < -0.4 is 10.1 Å². The number of carbonyl (C=O) groups excluding carboxylic acids is 1. The summed E-state index contributed by atoms with van der Waals surface area (Å²) < 4.78 is 5.43. The van der Waals surface area contributed by atoms with Crippen LogP contribution in [0.15, 0.2) is 42.5 Å². The normalized spacial score (nSPS) is 10.2. The number of aromatic carboxylic acids is 1. The van der Waals surface area contributed by atoms with Gasteiger partial charge in [-0.05, 0) is 48.7 Å². The van der Waals surface area contributed by atoms with Crippen LogP contribution in [-0.2, 0) is 11.2 Å². The molecule has 0 saturated heterocycles. The molecule has 0 unspecified atom stereocenters. The summed E-state index contributed by atoms with van der Waals surface area (Å²) in [5, 5.41) is 11.7. The Balaban J connectivity index is 1.96. The minimum Gasteiger partial charge on any atom is -0.484 e. The Labute approximate surface area is 134 Å². The lowest BCUT2D eigenvalue weighted by molar-refractivity contribution is -0.118. The third-order valence-electron chi connectivity index (χ3n) is 3.46. The molecule has 1 amide bonds. The van der Waals surface area contributed by atoms with Crippen molar-refractivity contribution < 1.29 is 19.4 Å². The van der Waals surface area contributed by atoms with Crippen molar-refractivity contribution in [3.63, 3.8) is 0 Å². The van der Waals surface area contributed by atoms with Gasteiger partial charge in [-0.25, -0.2) is 4.79 Å². The van der Waals surface area contributed by atoms with Crippen LogP contribution in [0, 0.1) is 6.92 Å². The van der Waals surface area contributed by atoms with E-state index in [1.165, 1.54) is 17.7 Å². The van der Waals surface area contributed by atoms with Crippen LogP contribution in [0.5, 0.6) is 5.75 Å². The Morgan fingerprint density at radius 1 is 1.13 bits per heavy atom. The molecule has 0 bridgehead atoms. The molecule has 0 radical (unpaired) electrons. The summed E-state index contributed by atoms with van der Waals surface area (Å²) in [6.45, 7) is 3.73. The highest BCUT2D eigenvalue weighted by Crippen LogP contribution is 2.17. The number of aryl methyl sites for hydroxylation is 2. The van der Waals surface area contributed by atoms with Gasteiger partial charge in [-0.2, -0.15) is 0 Å². The van der Waals surface area contributed by atoms with Crippen LogP contribution in [0.2, 0.25) is 0 Å². The Hall–Kier alpha value is -2.82. The number of rotatable bonds is 6. The Bertz CT molecular complexity index is 707. The van der Waals surface area contributed by atoms with E-state index < -0.39 is 5.97 Å². The topological polar surface area (TPSA) is 75.6 Å². The molecule has 0 spiro atoms. The fourth-order valence-electron chi connectivity index (χ4n) is 2.05. The number of ether oxygens (including phenoxy) is 1. The maximum absolute atomic E-state index is 12.0. The van der Waals surface area contributed by atoms with Crippen LogP contribution in [0.4, 0.5) is 5.69 Å². The van der Waals surface area contributed by atoms with Gasteiger partial charge in [-0.15, -0.1) is 0 Å². The number of benzene rings is 2. The average molecular weight is 313 g/mol. The number of hydrogen-bond acceptors (Lipinski definition) is 3. The molecule has 2 aromatic rings. The average Bonchev–Trinajstić information content (AvgIpc) is 2.55. The predicted octanol–water partition coefficient (Wildman–Crippen LogP) is 3.27. The van der Waals surface area contributed by atoms with Crippen molar-refractivity contribution in [2.24, 2.45) is 0 Å². The van der Waals surface area contributed by atoms with E-state index in [4.69, 9.17) is 9.84 Å². The molecular weight excluding hydrogens is 294 g/mol. The molecule has 2 rings (SSSR count). The molecule has 0 aliphatic rings. The first kappa shape index (κ1) is 16.5. The van der Waals surface area contributed by atoms with Gasteiger partial charge < -0.3 is 15.2 Å². The maximum Gasteiger partial charge on any atom is 0.335 e. The van der Waals surface area contributed by atoms with Gasteiger partial charge in [0.1, 0.15) is 5.75 Å². The van der Waals surface area contributed by atoms with Crippen molar-refractivity contribution in [2.75, 3.05) is 11.9 Å². The van der Waals surface area contributed by atoms with E-state index in [0.29, 0.717) is 11.4 Å². The molecule has 5 heteroatoms. The smallest absolute Gasteiger partial charge is 0.335 e. The summed E-state index contributed by atoms with van der Waals surface area (Å²) in [5.41, 5.74) is 2.58. The van der Waals surface area contributed by atoms with Crippen molar-refractivity contribution in [2.45, 2.75) is 20.3 Å². The number of carbonyl (C=O) groups is 2. The molecule has 0 heterocycles. The molecule has 2 aromatic carbocycles. The maximum atomic E-state index is 12.0. The standard InChI is InChI=1S/C18H19NO4/c1-3-13-5-8-15(9-6-13)23-11-17(20)19-16-10-14(18(21)22)7-4-12(16)2/h4-10H,3,11H2,1-2H3,(H,19,20)(H,21,22). The van der Waals surface area contributed by atoms with Crippen LogP contribution in [0.1, 0.15) is 28.4 Å². The van der Waals surface area contributed by atoms with E-state index in [2.05, 4.69) is 12.2 Å². The molecule has 0 aromatic heterocycles. The van der Waals surface area contributed by atoms with Gasteiger partial charge in [-0.1, -0.05) is 25.1 Å². The monoisotopic (exact) mass is 313 g/mol. The van der Waals surface area contributed by atoms with Crippen LogP contribution in [-0.4, -0.2) is 23.6 Å². The lowest BCUT2D eigenvalue weighted by atomic mass is 10.1. The number of carboxylic acid groups (broad SMARTS) is 1. The van der Waals surface area contributed by atoms with Crippen molar-refractivity contribution in [1.82, 2.24) is 0 Å².